The molecule has 0 spiro atoms. The lowest BCUT2D eigenvalue weighted by molar-refractivity contribution is 0.768. The van der Waals surface area contributed by atoms with Gasteiger partial charge in [0.1, 0.15) is 0 Å². The van der Waals surface area contributed by atoms with E-state index in [0.717, 1.165) is 50.1 Å². The summed E-state index contributed by atoms with van der Waals surface area (Å²) >= 11 is 0. The molecule has 0 fully saturated rings. The van der Waals surface area contributed by atoms with Crippen LogP contribution in [0.5, 0.6) is 0 Å². The normalized spacial score (nSPS) is 12.5. The van der Waals surface area contributed by atoms with Crippen LogP contribution in [0, 0.1) is 0 Å². The Morgan fingerprint density at radius 3 is 1.22 bits per heavy atom. The molecule has 1 aromatic heterocycles. The minimum absolute atomic E-state index is 0.620. The number of hydrogen-bond acceptors (Lipinski definition) is 4. The lowest BCUT2D eigenvalue weighted by Gasteiger charge is -2.34. The number of aromatic nitrogens is 3. The van der Waals surface area contributed by atoms with Gasteiger partial charge in [0.05, 0.1) is 5.41 Å². The van der Waals surface area contributed by atoms with Crippen LogP contribution < -0.4 is 4.90 Å². The third-order valence-corrected chi connectivity index (χ3v) is 12.7. The minimum atomic E-state index is -0.637. The van der Waals surface area contributed by atoms with Crippen molar-refractivity contribution in [2.75, 3.05) is 4.90 Å². The molecule has 1 aliphatic carbocycles. The van der Waals surface area contributed by atoms with E-state index < -0.39 is 5.41 Å². The number of benzene rings is 10. The van der Waals surface area contributed by atoms with Crippen LogP contribution in [0.4, 0.5) is 17.1 Å². The second-order valence-electron chi connectivity index (χ2n) is 16.4. The lowest BCUT2D eigenvalue weighted by Crippen LogP contribution is -2.28. The van der Waals surface area contributed by atoms with E-state index in [4.69, 9.17) is 15.0 Å². The first-order valence-electron chi connectivity index (χ1n) is 21.8. The number of para-hydroxylation sites is 2. The molecule has 1 aliphatic rings. The molecular formula is C60H40N4. The first-order chi connectivity index (χ1) is 31.7. The molecule has 4 nitrogen and oxygen atoms in total. The Balaban J connectivity index is 1.05. The number of fused-ring (bicyclic) bond motifs is 5. The van der Waals surface area contributed by atoms with Gasteiger partial charge in [-0.1, -0.05) is 188 Å². The monoisotopic (exact) mass is 816 g/mol. The Hall–Kier alpha value is -8.47. The molecular weight excluding hydrogens is 777 g/mol. The summed E-state index contributed by atoms with van der Waals surface area (Å²) in [6.07, 6.45) is 0. The molecule has 10 aromatic carbocycles. The smallest absolute Gasteiger partial charge is 0.164 e. The Labute approximate surface area is 372 Å². The summed E-state index contributed by atoms with van der Waals surface area (Å²) in [6.45, 7) is 0. The van der Waals surface area contributed by atoms with Gasteiger partial charge in [0.15, 0.2) is 17.5 Å². The molecule has 0 atom stereocenters. The van der Waals surface area contributed by atoms with Gasteiger partial charge < -0.3 is 4.90 Å². The van der Waals surface area contributed by atoms with Crippen LogP contribution in [-0.4, -0.2) is 15.0 Å². The Bertz CT molecular complexity index is 3330. The minimum Gasteiger partial charge on any atom is -0.311 e. The molecule has 0 N–H and O–H groups in total. The van der Waals surface area contributed by atoms with Gasteiger partial charge in [-0.3, -0.25) is 0 Å². The molecule has 0 saturated carbocycles. The van der Waals surface area contributed by atoms with Gasteiger partial charge in [-0.2, -0.15) is 0 Å². The Kier molecular flexibility index (Phi) is 9.01. The van der Waals surface area contributed by atoms with E-state index in [1.54, 1.807) is 0 Å². The molecule has 4 heteroatoms. The molecule has 0 saturated heterocycles. The predicted molar refractivity (Wildman–Crippen MR) is 263 cm³/mol. The molecule has 64 heavy (non-hydrogen) atoms. The highest BCUT2D eigenvalue weighted by molar-refractivity contribution is 5.90. The van der Waals surface area contributed by atoms with Gasteiger partial charge in [0.2, 0.25) is 0 Å². The Morgan fingerprint density at radius 2 is 0.703 bits per heavy atom. The second-order valence-corrected chi connectivity index (χ2v) is 16.4. The fourth-order valence-electron chi connectivity index (χ4n) is 9.80. The zero-order valence-corrected chi connectivity index (χ0v) is 34.9. The van der Waals surface area contributed by atoms with E-state index in [1.165, 1.54) is 38.6 Å². The molecule has 300 valence electrons. The van der Waals surface area contributed by atoms with Crippen molar-refractivity contribution in [2.45, 2.75) is 5.41 Å². The zero-order valence-electron chi connectivity index (χ0n) is 34.9. The van der Waals surface area contributed by atoms with Gasteiger partial charge >= 0.3 is 0 Å². The van der Waals surface area contributed by atoms with E-state index in [2.05, 4.69) is 248 Å². The average molecular weight is 817 g/mol. The van der Waals surface area contributed by atoms with Crippen LogP contribution >= 0.6 is 0 Å². The fraction of sp³-hybridized carbons (Fsp3) is 0.0167. The molecule has 0 unspecified atom stereocenters. The van der Waals surface area contributed by atoms with Crippen LogP contribution in [0.15, 0.2) is 243 Å². The van der Waals surface area contributed by atoms with Gasteiger partial charge in [-0.05, 0) is 110 Å². The summed E-state index contributed by atoms with van der Waals surface area (Å²) in [5.41, 5.74) is 12.7. The maximum Gasteiger partial charge on any atom is 0.164 e. The van der Waals surface area contributed by atoms with Gasteiger partial charge in [-0.15, -0.1) is 0 Å². The van der Waals surface area contributed by atoms with Crippen molar-refractivity contribution in [3.63, 3.8) is 0 Å². The third-order valence-electron chi connectivity index (χ3n) is 12.7. The topological polar surface area (TPSA) is 41.9 Å². The molecule has 0 amide bonds. The van der Waals surface area contributed by atoms with Crippen LogP contribution in [0.1, 0.15) is 22.3 Å². The van der Waals surface area contributed by atoms with Crippen LogP contribution in [0.25, 0.3) is 66.8 Å². The summed E-state index contributed by atoms with van der Waals surface area (Å²) in [4.78, 5) is 18.1. The second kappa shape index (κ2) is 15.5. The molecule has 0 bridgehead atoms. The van der Waals surface area contributed by atoms with Gasteiger partial charge in [-0.25, -0.2) is 15.0 Å². The first-order valence-corrected chi connectivity index (χ1v) is 21.8. The molecule has 0 aliphatic heterocycles. The van der Waals surface area contributed by atoms with Crippen LogP contribution in [0.3, 0.4) is 0 Å². The number of anilines is 3. The average Bonchev–Trinajstić information content (AvgIpc) is 3.68. The highest BCUT2D eigenvalue weighted by Gasteiger charge is 2.46. The number of rotatable bonds is 8. The molecule has 0 radical (unpaired) electrons. The van der Waals surface area contributed by atoms with E-state index in [0.29, 0.717) is 17.5 Å². The number of hydrogen-bond donors (Lipinski definition) is 0. The van der Waals surface area contributed by atoms with E-state index in [1.807, 2.05) is 0 Å². The van der Waals surface area contributed by atoms with E-state index in [-0.39, 0.29) is 0 Å². The van der Waals surface area contributed by atoms with E-state index in [9.17, 15) is 0 Å². The van der Waals surface area contributed by atoms with Crippen molar-refractivity contribution < 1.29 is 0 Å². The van der Waals surface area contributed by atoms with Crippen molar-refractivity contribution >= 4 is 38.6 Å². The molecule has 1 heterocycles. The largest absolute Gasteiger partial charge is 0.311 e. The van der Waals surface area contributed by atoms with Gasteiger partial charge in [0.25, 0.3) is 0 Å². The van der Waals surface area contributed by atoms with Crippen molar-refractivity contribution in [3.05, 3.63) is 265 Å². The highest BCUT2D eigenvalue weighted by Crippen LogP contribution is 2.56. The Morgan fingerprint density at radius 1 is 0.281 bits per heavy atom. The SMILES string of the molecule is c1ccc(N(c2ccccc2)c2ccc(C3(c4cccc(-c5nc(-c6ccc7ccccc7c6)nc(-c6ccc7ccccc7c6)n5)c4)c4ccccc4-c4ccccc43)cc2)cc1. The highest BCUT2D eigenvalue weighted by atomic mass is 15.1. The van der Waals surface area contributed by atoms with Crippen molar-refractivity contribution in [2.24, 2.45) is 0 Å². The summed E-state index contributed by atoms with van der Waals surface area (Å²) in [7, 11) is 0. The van der Waals surface area contributed by atoms with Crippen molar-refractivity contribution in [1.29, 1.82) is 0 Å². The maximum atomic E-state index is 5.28. The third kappa shape index (κ3) is 6.27. The summed E-state index contributed by atoms with van der Waals surface area (Å²) in [5, 5.41) is 4.62. The van der Waals surface area contributed by atoms with Crippen molar-refractivity contribution in [1.82, 2.24) is 15.0 Å². The molecule has 11 aromatic rings. The fourth-order valence-corrected chi connectivity index (χ4v) is 9.80. The standard InChI is InChI=1S/C60H40N4/c1-3-22-50(23-4-1)64(51-24-5-2-6-25-51)52-36-34-48(35-37-52)60(55-28-13-11-26-53(55)54-27-12-14-29-56(54)60)49-21-15-20-45(40-49)57-61-58(46-32-30-41-16-7-9-18-43(41)38-46)63-59(62-57)47-33-31-42-17-8-10-19-44(42)39-47/h1-40H. The van der Waals surface area contributed by atoms with Gasteiger partial charge in [0, 0.05) is 33.8 Å². The maximum absolute atomic E-state index is 5.28. The summed E-state index contributed by atoms with van der Waals surface area (Å²) in [6, 6.07) is 86.6. The summed E-state index contributed by atoms with van der Waals surface area (Å²) < 4.78 is 0. The van der Waals surface area contributed by atoms with Crippen LogP contribution in [0.2, 0.25) is 0 Å². The van der Waals surface area contributed by atoms with Crippen molar-refractivity contribution in [3.8, 4) is 45.3 Å². The van der Waals surface area contributed by atoms with E-state index >= 15 is 0 Å². The summed E-state index contributed by atoms with van der Waals surface area (Å²) in [5.74, 6) is 1.88. The molecule has 12 rings (SSSR count). The first kappa shape index (κ1) is 37.3. The lowest BCUT2D eigenvalue weighted by atomic mass is 9.67. The zero-order chi connectivity index (χ0) is 42.5. The quantitative estimate of drug-likeness (QED) is 0.153. The number of nitrogens with zero attached hydrogens (tertiary/aromatic N) is 4. The van der Waals surface area contributed by atoms with Crippen LogP contribution in [-0.2, 0) is 5.41 Å². The predicted octanol–water partition coefficient (Wildman–Crippen LogP) is 15.0.